The van der Waals surface area contributed by atoms with Crippen molar-refractivity contribution in [2.45, 2.75) is 46.6 Å². The van der Waals surface area contributed by atoms with Crippen LogP contribution in [0.2, 0.25) is 0 Å². The zero-order chi connectivity index (χ0) is 12.3. The Hall–Kier alpha value is -0.570. The van der Waals surface area contributed by atoms with Gasteiger partial charge in [0.15, 0.2) is 0 Å². The van der Waals surface area contributed by atoms with Gasteiger partial charge in [0.05, 0.1) is 0 Å². The Balaban J connectivity index is 2.71. The first-order valence-corrected chi connectivity index (χ1v) is 6.35. The summed E-state index contributed by atoms with van der Waals surface area (Å²) in [4.78, 5) is 14.3. The lowest BCUT2D eigenvalue weighted by Crippen LogP contribution is -2.49. The number of carbonyl (C=O) groups is 1. The summed E-state index contributed by atoms with van der Waals surface area (Å²) in [6.45, 7) is 10.4. The highest BCUT2D eigenvalue weighted by Gasteiger charge is 2.39. The number of hydrogen-bond donors (Lipinski definition) is 1. The maximum atomic E-state index is 12.4. The smallest absolute Gasteiger partial charge is 0.228 e. The van der Waals surface area contributed by atoms with Crippen LogP contribution in [-0.4, -0.2) is 37.0 Å². The third-order valence-corrected chi connectivity index (χ3v) is 3.96. The van der Waals surface area contributed by atoms with Crippen molar-refractivity contribution in [2.24, 2.45) is 11.3 Å². The number of hydrogen-bond acceptors (Lipinski definition) is 2. The molecule has 0 aliphatic carbocycles. The molecule has 0 aromatic rings. The van der Waals surface area contributed by atoms with E-state index in [1.54, 1.807) is 0 Å². The SMILES string of the molecule is CC(C)N(C)C(=O)C(C)(C)C1CCCNC1. The molecule has 94 valence electrons. The van der Waals surface area contributed by atoms with Gasteiger partial charge in [0.1, 0.15) is 0 Å². The molecule has 1 saturated heterocycles. The van der Waals surface area contributed by atoms with Gasteiger partial charge >= 0.3 is 0 Å². The van der Waals surface area contributed by atoms with Gasteiger partial charge in [-0.15, -0.1) is 0 Å². The molecule has 0 aromatic heterocycles. The summed E-state index contributed by atoms with van der Waals surface area (Å²) in [6, 6.07) is 0.281. The lowest BCUT2D eigenvalue weighted by molar-refractivity contribution is -0.144. The topological polar surface area (TPSA) is 32.3 Å². The quantitative estimate of drug-likeness (QED) is 0.797. The number of piperidine rings is 1. The highest BCUT2D eigenvalue weighted by Crippen LogP contribution is 2.33. The molecule has 16 heavy (non-hydrogen) atoms. The van der Waals surface area contributed by atoms with E-state index in [2.05, 4.69) is 33.0 Å². The maximum absolute atomic E-state index is 12.4. The van der Waals surface area contributed by atoms with Crippen molar-refractivity contribution in [3.8, 4) is 0 Å². The average molecular weight is 226 g/mol. The predicted molar refractivity (Wildman–Crippen MR) is 67.3 cm³/mol. The molecular formula is C13H26N2O. The fourth-order valence-electron chi connectivity index (χ4n) is 2.33. The Morgan fingerprint density at radius 1 is 1.44 bits per heavy atom. The Bertz CT molecular complexity index is 242. The molecule has 1 heterocycles. The number of nitrogens with zero attached hydrogens (tertiary/aromatic N) is 1. The van der Waals surface area contributed by atoms with Gasteiger partial charge < -0.3 is 10.2 Å². The summed E-state index contributed by atoms with van der Waals surface area (Å²) < 4.78 is 0. The average Bonchev–Trinajstić information content (AvgIpc) is 2.28. The molecule has 3 nitrogen and oxygen atoms in total. The van der Waals surface area contributed by atoms with Crippen LogP contribution in [0.3, 0.4) is 0 Å². The number of nitrogens with one attached hydrogen (secondary N) is 1. The molecule has 1 amide bonds. The molecule has 0 aromatic carbocycles. The monoisotopic (exact) mass is 226 g/mol. The van der Waals surface area contributed by atoms with Crippen LogP contribution < -0.4 is 5.32 Å². The summed E-state index contributed by atoms with van der Waals surface area (Å²) in [5.41, 5.74) is -0.244. The standard InChI is InChI=1S/C13H26N2O/c1-10(2)15(5)12(16)13(3,4)11-7-6-8-14-9-11/h10-11,14H,6-9H2,1-5H3. The highest BCUT2D eigenvalue weighted by molar-refractivity contribution is 5.82. The summed E-state index contributed by atoms with van der Waals surface area (Å²) in [5.74, 6) is 0.742. The van der Waals surface area contributed by atoms with Gasteiger partial charge in [0.2, 0.25) is 5.91 Å². The molecule has 1 rings (SSSR count). The first-order chi connectivity index (χ1) is 7.37. The summed E-state index contributed by atoms with van der Waals surface area (Å²) >= 11 is 0. The van der Waals surface area contributed by atoms with Gasteiger partial charge in [-0.1, -0.05) is 13.8 Å². The van der Waals surface area contributed by atoms with Crippen LogP contribution >= 0.6 is 0 Å². The Labute approximate surface area is 99.6 Å². The molecule has 1 aliphatic rings. The van der Waals surface area contributed by atoms with Crippen molar-refractivity contribution in [1.29, 1.82) is 0 Å². The third kappa shape index (κ3) is 2.76. The predicted octanol–water partition coefficient (Wildman–Crippen LogP) is 1.88. The van der Waals surface area contributed by atoms with Crippen LogP contribution in [-0.2, 0) is 4.79 Å². The third-order valence-electron chi connectivity index (χ3n) is 3.96. The van der Waals surface area contributed by atoms with E-state index in [1.807, 2.05) is 11.9 Å². The lowest BCUT2D eigenvalue weighted by atomic mass is 9.74. The van der Waals surface area contributed by atoms with Crippen LogP contribution in [0.25, 0.3) is 0 Å². The molecule has 0 bridgehead atoms. The van der Waals surface area contributed by atoms with Crippen molar-refractivity contribution >= 4 is 5.91 Å². The largest absolute Gasteiger partial charge is 0.343 e. The first-order valence-electron chi connectivity index (χ1n) is 6.35. The zero-order valence-corrected chi connectivity index (χ0v) is 11.3. The molecule has 1 fully saturated rings. The van der Waals surface area contributed by atoms with E-state index < -0.39 is 0 Å². The number of rotatable bonds is 3. The van der Waals surface area contributed by atoms with Crippen LogP contribution in [0.5, 0.6) is 0 Å². The molecule has 0 spiro atoms. The van der Waals surface area contributed by atoms with Gasteiger partial charge in [-0.2, -0.15) is 0 Å². The molecule has 0 radical (unpaired) electrons. The second kappa shape index (κ2) is 5.17. The van der Waals surface area contributed by atoms with E-state index in [-0.39, 0.29) is 17.4 Å². The Morgan fingerprint density at radius 3 is 2.50 bits per heavy atom. The number of carbonyl (C=O) groups excluding carboxylic acids is 1. The summed E-state index contributed by atoms with van der Waals surface area (Å²) in [5, 5.41) is 3.39. The zero-order valence-electron chi connectivity index (χ0n) is 11.3. The van der Waals surface area contributed by atoms with Crippen LogP contribution in [0, 0.1) is 11.3 Å². The maximum Gasteiger partial charge on any atom is 0.228 e. The molecule has 3 heteroatoms. The molecule has 1 atom stereocenters. The van der Waals surface area contributed by atoms with Crippen molar-refractivity contribution < 1.29 is 4.79 Å². The van der Waals surface area contributed by atoms with Crippen molar-refractivity contribution in [3.05, 3.63) is 0 Å². The minimum atomic E-state index is -0.244. The lowest BCUT2D eigenvalue weighted by Gasteiger charge is -2.39. The van der Waals surface area contributed by atoms with Gasteiger partial charge in [0, 0.05) is 18.5 Å². The molecule has 1 unspecified atom stereocenters. The van der Waals surface area contributed by atoms with E-state index >= 15 is 0 Å². The summed E-state index contributed by atoms with van der Waals surface area (Å²) in [7, 11) is 1.91. The fraction of sp³-hybridized carbons (Fsp3) is 0.923. The normalized spacial score (nSPS) is 22.2. The number of amides is 1. The van der Waals surface area contributed by atoms with E-state index in [4.69, 9.17) is 0 Å². The van der Waals surface area contributed by atoms with Crippen LogP contribution in [0.4, 0.5) is 0 Å². The van der Waals surface area contributed by atoms with Gasteiger partial charge in [-0.3, -0.25) is 4.79 Å². The molecule has 1 N–H and O–H groups in total. The van der Waals surface area contributed by atoms with Crippen molar-refractivity contribution in [2.75, 3.05) is 20.1 Å². The second-order valence-corrected chi connectivity index (χ2v) is 5.77. The fourth-order valence-corrected chi connectivity index (χ4v) is 2.33. The van der Waals surface area contributed by atoms with Crippen LogP contribution in [0.1, 0.15) is 40.5 Å². The van der Waals surface area contributed by atoms with E-state index in [0.29, 0.717) is 5.92 Å². The molecular weight excluding hydrogens is 200 g/mol. The first kappa shape index (κ1) is 13.5. The Kier molecular flexibility index (Phi) is 4.36. The van der Waals surface area contributed by atoms with Crippen molar-refractivity contribution in [3.63, 3.8) is 0 Å². The second-order valence-electron chi connectivity index (χ2n) is 5.77. The highest BCUT2D eigenvalue weighted by atomic mass is 16.2. The van der Waals surface area contributed by atoms with Gasteiger partial charge in [-0.25, -0.2) is 0 Å². The summed E-state index contributed by atoms with van der Waals surface area (Å²) in [6.07, 6.45) is 2.35. The van der Waals surface area contributed by atoms with E-state index in [0.717, 1.165) is 19.5 Å². The Morgan fingerprint density at radius 2 is 2.06 bits per heavy atom. The van der Waals surface area contributed by atoms with Crippen molar-refractivity contribution in [1.82, 2.24) is 10.2 Å². The van der Waals surface area contributed by atoms with Gasteiger partial charge in [-0.05, 0) is 45.7 Å². The van der Waals surface area contributed by atoms with E-state index in [1.165, 1.54) is 6.42 Å². The molecule has 1 aliphatic heterocycles. The van der Waals surface area contributed by atoms with Crippen LogP contribution in [0.15, 0.2) is 0 Å². The van der Waals surface area contributed by atoms with E-state index in [9.17, 15) is 4.79 Å². The van der Waals surface area contributed by atoms with Gasteiger partial charge in [0.25, 0.3) is 0 Å². The molecule has 0 saturated carbocycles. The minimum absolute atomic E-state index is 0.244. The minimum Gasteiger partial charge on any atom is -0.343 e.